The Morgan fingerprint density at radius 1 is 1.37 bits per heavy atom. The van der Waals surface area contributed by atoms with Crippen LogP contribution >= 0.6 is 0 Å². The van der Waals surface area contributed by atoms with Gasteiger partial charge in [0.2, 0.25) is 10.0 Å². The maximum absolute atomic E-state index is 13.2. The molecule has 1 aliphatic heterocycles. The number of benzene rings is 1. The van der Waals surface area contributed by atoms with Gasteiger partial charge in [-0.2, -0.15) is 4.31 Å². The van der Waals surface area contributed by atoms with Gasteiger partial charge in [0.1, 0.15) is 16.7 Å². The number of esters is 1. The van der Waals surface area contributed by atoms with Crippen molar-refractivity contribution in [2.75, 3.05) is 26.9 Å². The maximum Gasteiger partial charge on any atom is 0.324 e. The van der Waals surface area contributed by atoms with Crippen LogP contribution in [0, 0.1) is 12.8 Å². The lowest BCUT2D eigenvalue weighted by Gasteiger charge is -2.23. The zero-order valence-corrected chi connectivity index (χ0v) is 17.0. The summed E-state index contributed by atoms with van der Waals surface area (Å²) in [6.07, 6.45) is 2.45. The number of aryl methyl sites for hydroxylation is 1. The summed E-state index contributed by atoms with van der Waals surface area (Å²) in [5, 5.41) is 8.99. The fraction of sp³-hybridized carbons (Fsp3) is 0.632. The molecule has 1 aliphatic rings. The summed E-state index contributed by atoms with van der Waals surface area (Å²) >= 11 is 0. The van der Waals surface area contributed by atoms with Gasteiger partial charge in [0, 0.05) is 13.2 Å². The van der Waals surface area contributed by atoms with Gasteiger partial charge in [0.15, 0.2) is 0 Å². The SMILES string of the molecule is COC(=O)[C@@H]1CCCN1S(=O)(=O)c1ccc(C)cc1OCC[C@@H](C)CCO. The van der Waals surface area contributed by atoms with Crippen LogP contribution in [0.25, 0.3) is 0 Å². The number of aliphatic hydroxyl groups is 1. The topological polar surface area (TPSA) is 93.1 Å². The molecule has 27 heavy (non-hydrogen) atoms. The van der Waals surface area contributed by atoms with Gasteiger partial charge in [0.25, 0.3) is 0 Å². The Hall–Kier alpha value is -1.64. The van der Waals surface area contributed by atoms with Crippen LogP contribution in [0.3, 0.4) is 0 Å². The molecule has 1 N–H and O–H groups in total. The minimum absolute atomic E-state index is 0.0683. The lowest BCUT2D eigenvalue weighted by Crippen LogP contribution is -2.41. The molecule has 0 aromatic heterocycles. The van der Waals surface area contributed by atoms with Crippen LogP contribution in [-0.2, 0) is 19.6 Å². The average Bonchev–Trinajstić information content (AvgIpc) is 3.12. The van der Waals surface area contributed by atoms with E-state index in [0.29, 0.717) is 38.0 Å². The van der Waals surface area contributed by atoms with Gasteiger partial charge >= 0.3 is 5.97 Å². The molecule has 8 heteroatoms. The smallest absolute Gasteiger partial charge is 0.324 e. The van der Waals surface area contributed by atoms with Crippen LogP contribution < -0.4 is 4.74 Å². The van der Waals surface area contributed by atoms with Gasteiger partial charge in [-0.3, -0.25) is 4.79 Å². The van der Waals surface area contributed by atoms with E-state index in [1.54, 1.807) is 12.1 Å². The summed E-state index contributed by atoms with van der Waals surface area (Å²) in [6, 6.07) is 4.16. The van der Waals surface area contributed by atoms with Crippen LogP contribution in [-0.4, -0.2) is 56.7 Å². The highest BCUT2D eigenvalue weighted by molar-refractivity contribution is 7.89. The van der Waals surface area contributed by atoms with Gasteiger partial charge < -0.3 is 14.6 Å². The van der Waals surface area contributed by atoms with E-state index in [1.165, 1.54) is 17.5 Å². The predicted molar refractivity (Wildman–Crippen MR) is 101 cm³/mol. The summed E-state index contributed by atoms with van der Waals surface area (Å²) in [5.74, 6) is 0.0346. The van der Waals surface area contributed by atoms with Crippen molar-refractivity contribution in [1.29, 1.82) is 0 Å². The van der Waals surface area contributed by atoms with E-state index in [2.05, 4.69) is 0 Å². The van der Waals surface area contributed by atoms with Crippen LogP contribution in [0.4, 0.5) is 0 Å². The molecule has 0 bridgehead atoms. The number of carbonyl (C=O) groups excluding carboxylic acids is 1. The van der Waals surface area contributed by atoms with Crippen molar-refractivity contribution < 1.29 is 27.8 Å². The normalized spacial score (nSPS) is 19.0. The standard InChI is InChI=1S/C19H29NO6S/c1-14(8-11-21)9-12-26-17-13-15(2)6-7-18(17)27(23,24)20-10-4-5-16(20)19(22)25-3/h6-7,13-14,16,21H,4-5,8-12H2,1-3H3/t14-,16-/m0/s1. The predicted octanol–water partition coefficient (Wildman–Crippen LogP) is 2.11. The first-order valence-corrected chi connectivity index (χ1v) is 10.7. The maximum atomic E-state index is 13.2. The third kappa shape index (κ3) is 5.21. The van der Waals surface area contributed by atoms with E-state index in [0.717, 1.165) is 5.56 Å². The van der Waals surface area contributed by atoms with Crippen molar-refractivity contribution in [2.24, 2.45) is 5.92 Å². The summed E-state index contributed by atoms with van der Waals surface area (Å²) in [7, 11) is -2.62. The Morgan fingerprint density at radius 3 is 2.78 bits per heavy atom. The molecule has 2 atom stereocenters. The number of carbonyl (C=O) groups is 1. The largest absolute Gasteiger partial charge is 0.492 e. The van der Waals surface area contributed by atoms with Gasteiger partial charge in [-0.15, -0.1) is 0 Å². The lowest BCUT2D eigenvalue weighted by atomic mass is 10.1. The van der Waals surface area contributed by atoms with Crippen LogP contribution in [0.15, 0.2) is 23.1 Å². The Bertz CT molecular complexity index is 749. The number of rotatable bonds is 9. The number of hydrogen-bond acceptors (Lipinski definition) is 6. The number of nitrogens with zero attached hydrogens (tertiary/aromatic N) is 1. The molecule has 0 radical (unpaired) electrons. The third-order valence-electron chi connectivity index (χ3n) is 4.85. The number of aliphatic hydroxyl groups excluding tert-OH is 1. The zero-order chi connectivity index (χ0) is 20.0. The van der Waals surface area contributed by atoms with Crippen LogP contribution in [0.2, 0.25) is 0 Å². The second-order valence-corrected chi connectivity index (χ2v) is 8.86. The molecule has 0 saturated carbocycles. The van der Waals surface area contributed by atoms with Crippen LogP contribution in [0.5, 0.6) is 5.75 Å². The summed E-state index contributed by atoms with van der Waals surface area (Å²) in [5.41, 5.74) is 0.887. The van der Waals surface area contributed by atoms with E-state index in [-0.39, 0.29) is 24.0 Å². The molecular weight excluding hydrogens is 370 g/mol. The zero-order valence-electron chi connectivity index (χ0n) is 16.2. The molecule has 1 aromatic carbocycles. The van der Waals surface area contributed by atoms with Crippen molar-refractivity contribution in [3.63, 3.8) is 0 Å². The Balaban J connectivity index is 2.24. The summed E-state index contributed by atoms with van der Waals surface area (Å²) in [4.78, 5) is 12.0. The molecule has 1 aromatic rings. The Morgan fingerprint density at radius 2 is 2.11 bits per heavy atom. The highest BCUT2D eigenvalue weighted by Gasteiger charge is 2.41. The van der Waals surface area contributed by atoms with E-state index in [4.69, 9.17) is 14.6 Å². The number of sulfonamides is 1. The molecule has 0 amide bonds. The van der Waals surface area contributed by atoms with Crippen molar-refractivity contribution in [3.05, 3.63) is 23.8 Å². The lowest BCUT2D eigenvalue weighted by molar-refractivity contribution is -0.144. The monoisotopic (exact) mass is 399 g/mol. The van der Waals surface area contributed by atoms with Crippen molar-refractivity contribution in [2.45, 2.75) is 50.5 Å². The van der Waals surface area contributed by atoms with Gasteiger partial charge in [-0.25, -0.2) is 8.42 Å². The third-order valence-corrected chi connectivity index (χ3v) is 6.80. The minimum Gasteiger partial charge on any atom is -0.492 e. The fourth-order valence-electron chi connectivity index (χ4n) is 3.20. The Kier molecular flexibility index (Phi) is 7.64. The average molecular weight is 400 g/mol. The summed E-state index contributed by atoms with van der Waals surface area (Å²) in [6.45, 7) is 4.63. The number of hydrogen-bond donors (Lipinski definition) is 1. The molecule has 0 aliphatic carbocycles. The molecule has 2 rings (SSSR count). The first-order chi connectivity index (χ1) is 12.8. The van der Waals surface area contributed by atoms with E-state index in [1.807, 2.05) is 13.8 Å². The quantitative estimate of drug-likeness (QED) is 0.639. The first kappa shape index (κ1) is 21.7. The molecule has 1 fully saturated rings. The second-order valence-electron chi connectivity index (χ2n) is 7.00. The highest BCUT2D eigenvalue weighted by atomic mass is 32.2. The summed E-state index contributed by atoms with van der Waals surface area (Å²) < 4.78 is 38.2. The van der Waals surface area contributed by atoms with E-state index < -0.39 is 22.0 Å². The first-order valence-electron chi connectivity index (χ1n) is 9.25. The minimum atomic E-state index is -3.88. The molecule has 1 saturated heterocycles. The molecular formula is C19H29NO6S. The van der Waals surface area contributed by atoms with E-state index >= 15 is 0 Å². The molecule has 152 valence electrons. The van der Waals surface area contributed by atoms with Crippen molar-refractivity contribution >= 4 is 16.0 Å². The van der Waals surface area contributed by atoms with Gasteiger partial charge in [-0.05, 0) is 56.2 Å². The number of ether oxygens (including phenoxy) is 2. The van der Waals surface area contributed by atoms with Crippen molar-refractivity contribution in [3.8, 4) is 5.75 Å². The Labute approximate surface area is 161 Å². The van der Waals surface area contributed by atoms with E-state index in [9.17, 15) is 13.2 Å². The second kappa shape index (κ2) is 9.52. The van der Waals surface area contributed by atoms with Gasteiger partial charge in [-0.1, -0.05) is 13.0 Å². The number of methoxy groups -OCH3 is 1. The molecule has 0 unspecified atom stereocenters. The van der Waals surface area contributed by atoms with Crippen LogP contribution in [0.1, 0.15) is 38.2 Å². The molecule has 7 nitrogen and oxygen atoms in total. The molecule has 0 spiro atoms. The highest BCUT2D eigenvalue weighted by Crippen LogP contribution is 2.33. The fourth-order valence-corrected chi connectivity index (χ4v) is 4.96. The van der Waals surface area contributed by atoms with Gasteiger partial charge in [0.05, 0.1) is 13.7 Å². The van der Waals surface area contributed by atoms with Crippen molar-refractivity contribution in [1.82, 2.24) is 4.31 Å². The molecule has 1 heterocycles.